The van der Waals surface area contributed by atoms with Gasteiger partial charge in [-0.05, 0) is 30.3 Å². The van der Waals surface area contributed by atoms with E-state index in [1.54, 1.807) is 42.5 Å². The summed E-state index contributed by atoms with van der Waals surface area (Å²) in [6, 6.07) is 19.0. The first-order valence-corrected chi connectivity index (χ1v) is 8.63. The van der Waals surface area contributed by atoms with Crippen LogP contribution in [-0.4, -0.2) is 25.1 Å². The fourth-order valence-electron chi connectivity index (χ4n) is 2.19. The van der Waals surface area contributed by atoms with E-state index in [2.05, 4.69) is 10.3 Å². The van der Waals surface area contributed by atoms with Crippen LogP contribution >= 0.6 is 0 Å². The van der Waals surface area contributed by atoms with Gasteiger partial charge in [-0.3, -0.25) is 4.79 Å². The summed E-state index contributed by atoms with van der Waals surface area (Å²) in [5.41, 5.74) is 1.14. The van der Waals surface area contributed by atoms with E-state index in [0.717, 1.165) is 5.39 Å². The van der Waals surface area contributed by atoms with Crippen molar-refractivity contribution >= 4 is 32.3 Å². The van der Waals surface area contributed by atoms with Crippen molar-refractivity contribution in [2.45, 2.75) is 5.03 Å². The van der Waals surface area contributed by atoms with Gasteiger partial charge in [0.05, 0.1) is 5.52 Å². The summed E-state index contributed by atoms with van der Waals surface area (Å²) in [5, 5.41) is 3.31. The van der Waals surface area contributed by atoms with E-state index in [1.807, 2.05) is 18.2 Å². The van der Waals surface area contributed by atoms with E-state index in [0.29, 0.717) is 11.2 Å². The summed E-state index contributed by atoms with van der Waals surface area (Å²) in [4.78, 5) is 16.1. The van der Waals surface area contributed by atoms with Crippen molar-refractivity contribution in [3.8, 4) is 0 Å². The SMILES string of the molecule is O=C(CS(=O)(=O)c1ccc2ccccc2n1)Nc1ccccc1. The summed E-state index contributed by atoms with van der Waals surface area (Å²) >= 11 is 0. The maximum Gasteiger partial charge on any atom is 0.240 e. The minimum absolute atomic E-state index is 0.0978. The molecule has 1 N–H and O–H groups in total. The molecule has 1 heterocycles. The third kappa shape index (κ3) is 3.54. The molecule has 0 aliphatic rings. The third-order valence-corrected chi connectivity index (χ3v) is 4.78. The molecule has 1 aromatic heterocycles. The molecule has 5 nitrogen and oxygen atoms in total. The molecule has 0 unspecified atom stereocenters. The van der Waals surface area contributed by atoms with Crippen molar-refractivity contribution in [2.24, 2.45) is 0 Å². The standard InChI is InChI=1S/C17H14N2O3S/c20-16(18-14-7-2-1-3-8-14)12-23(21,22)17-11-10-13-6-4-5-9-15(13)19-17/h1-11H,12H2,(H,18,20). The number of nitrogens with zero attached hydrogens (tertiary/aromatic N) is 1. The zero-order valence-electron chi connectivity index (χ0n) is 12.1. The predicted octanol–water partition coefficient (Wildman–Crippen LogP) is 2.65. The summed E-state index contributed by atoms with van der Waals surface area (Å²) < 4.78 is 24.7. The molecule has 0 bridgehead atoms. The molecule has 3 rings (SSSR count). The van der Waals surface area contributed by atoms with Gasteiger partial charge in [0.15, 0.2) is 5.03 Å². The van der Waals surface area contributed by atoms with Crippen molar-refractivity contribution in [1.82, 2.24) is 4.98 Å². The molecule has 0 fully saturated rings. The second-order valence-electron chi connectivity index (χ2n) is 5.02. The number of sulfone groups is 1. The largest absolute Gasteiger partial charge is 0.325 e. The van der Waals surface area contributed by atoms with Crippen LogP contribution in [0, 0.1) is 0 Å². The van der Waals surface area contributed by atoms with Gasteiger partial charge in [-0.2, -0.15) is 0 Å². The van der Waals surface area contributed by atoms with E-state index in [1.165, 1.54) is 6.07 Å². The van der Waals surface area contributed by atoms with Gasteiger partial charge in [0, 0.05) is 11.1 Å². The number of pyridine rings is 1. The van der Waals surface area contributed by atoms with Crippen LogP contribution in [0.5, 0.6) is 0 Å². The number of benzene rings is 2. The highest BCUT2D eigenvalue weighted by atomic mass is 32.2. The van der Waals surface area contributed by atoms with Crippen LogP contribution < -0.4 is 5.32 Å². The number of aromatic nitrogens is 1. The zero-order valence-corrected chi connectivity index (χ0v) is 13.0. The Morgan fingerprint density at radius 2 is 1.61 bits per heavy atom. The van der Waals surface area contributed by atoms with Crippen molar-refractivity contribution in [3.63, 3.8) is 0 Å². The number of hydrogen-bond acceptors (Lipinski definition) is 4. The van der Waals surface area contributed by atoms with Crippen LogP contribution in [0.4, 0.5) is 5.69 Å². The van der Waals surface area contributed by atoms with E-state index in [-0.39, 0.29) is 5.03 Å². The average Bonchev–Trinajstić information content (AvgIpc) is 2.54. The van der Waals surface area contributed by atoms with E-state index >= 15 is 0 Å². The predicted molar refractivity (Wildman–Crippen MR) is 88.9 cm³/mol. The van der Waals surface area contributed by atoms with Gasteiger partial charge in [0.2, 0.25) is 15.7 Å². The molecule has 0 saturated carbocycles. The highest BCUT2D eigenvalue weighted by Crippen LogP contribution is 2.16. The number of carbonyl (C=O) groups is 1. The number of nitrogens with one attached hydrogen (secondary N) is 1. The number of fused-ring (bicyclic) bond motifs is 1. The molecule has 3 aromatic rings. The minimum atomic E-state index is -3.79. The van der Waals surface area contributed by atoms with Gasteiger partial charge in [-0.25, -0.2) is 13.4 Å². The Morgan fingerprint density at radius 3 is 2.39 bits per heavy atom. The molecule has 0 saturated heterocycles. The molecule has 23 heavy (non-hydrogen) atoms. The zero-order chi connectivity index (χ0) is 16.3. The van der Waals surface area contributed by atoms with E-state index in [4.69, 9.17) is 0 Å². The highest BCUT2D eigenvalue weighted by molar-refractivity contribution is 7.92. The monoisotopic (exact) mass is 326 g/mol. The van der Waals surface area contributed by atoms with Gasteiger partial charge in [0.25, 0.3) is 0 Å². The lowest BCUT2D eigenvalue weighted by Crippen LogP contribution is -2.23. The van der Waals surface area contributed by atoms with E-state index in [9.17, 15) is 13.2 Å². The number of carbonyl (C=O) groups excluding carboxylic acids is 1. The molecule has 6 heteroatoms. The average molecular weight is 326 g/mol. The van der Waals surface area contributed by atoms with Crippen LogP contribution in [0.25, 0.3) is 10.9 Å². The van der Waals surface area contributed by atoms with Crippen molar-refractivity contribution < 1.29 is 13.2 Å². The fourth-order valence-corrected chi connectivity index (χ4v) is 3.26. The third-order valence-electron chi connectivity index (χ3n) is 3.27. The first-order chi connectivity index (χ1) is 11.0. The van der Waals surface area contributed by atoms with Gasteiger partial charge in [0.1, 0.15) is 5.75 Å². The van der Waals surface area contributed by atoms with Gasteiger partial charge >= 0.3 is 0 Å². The topological polar surface area (TPSA) is 76.1 Å². The smallest absolute Gasteiger partial charge is 0.240 e. The van der Waals surface area contributed by atoms with Crippen LogP contribution in [-0.2, 0) is 14.6 Å². The second-order valence-corrected chi connectivity index (χ2v) is 6.95. The Bertz CT molecular complexity index is 954. The van der Waals surface area contributed by atoms with Crippen molar-refractivity contribution in [3.05, 3.63) is 66.7 Å². The molecular weight excluding hydrogens is 312 g/mol. The Morgan fingerprint density at radius 1 is 0.913 bits per heavy atom. The maximum atomic E-state index is 12.4. The molecule has 1 amide bonds. The molecule has 116 valence electrons. The number of hydrogen-bond donors (Lipinski definition) is 1. The van der Waals surface area contributed by atoms with Gasteiger partial charge in [-0.1, -0.05) is 36.4 Å². The molecular formula is C17H14N2O3S. The Hall–Kier alpha value is -2.73. The molecule has 2 aromatic carbocycles. The Balaban J connectivity index is 1.81. The van der Waals surface area contributed by atoms with Crippen molar-refractivity contribution in [1.29, 1.82) is 0 Å². The molecule has 0 spiro atoms. The molecule has 0 atom stereocenters. The van der Waals surface area contributed by atoms with Crippen LogP contribution in [0.15, 0.2) is 71.8 Å². The first kappa shape index (κ1) is 15.2. The van der Waals surface area contributed by atoms with Crippen molar-refractivity contribution in [2.75, 3.05) is 11.1 Å². The summed E-state index contributed by atoms with van der Waals surface area (Å²) in [5.74, 6) is -1.24. The molecule has 0 radical (unpaired) electrons. The normalized spacial score (nSPS) is 11.3. The number of para-hydroxylation sites is 2. The summed E-state index contributed by atoms with van der Waals surface area (Å²) in [7, 11) is -3.79. The molecule has 0 aliphatic heterocycles. The van der Waals surface area contributed by atoms with Crippen LogP contribution in [0.2, 0.25) is 0 Å². The summed E-state index contributed by atoms with van der Waals surface area (Å²) in [6.07, 6.45) is 0. The Kier molecular flexibility index (Phi) is 4.08. The lowest BCUT2D eigenvalue weighted by atomic mass is 10.2. The van der Waals surface area contributed by atoms with E-state index < -0.39 is 21.5 Å². The number of rotatable bonds is 4. The highest BCUT2D eigenvalue weighted by Gasteiger charge is 2.21. The van der Waals surface area contributed by atoms with Crippen LogP contribution in [0.3, 0.4) is 0 Å². The first-order valence-electron chi connectivity index (χ1n) is 6.98. The quantitative estimate of drug-likeness (QED) is 0.799. The van der Waals surface area contributed by atoms with Gasteiger partial charge in [-0.15, -0.1) is 0 Å². The molecule has 0 aliphatic carbocycles. The summed E-state index contributed by atoms with van der Waals surface area (Å²) in [6.45, 7) is 0. The number of anilines is 1. The van der Waals surface area contributed by atoms with Crippen LogP contribution in [0.1, 0.15) is 0 Å². The minimum Gasteiger partial charge on any atom is -0.325 e. The lowest BCUT2D eigenvalue weighted by Gasteiger charge is -2.06. The van der Waals surface area contributed by atoms with Gasteiger partial charge < -0.3 is 5.32 Å². The number of amides is 1. The fraction of sp³-hybridized carbons (Fsp3) is 0.0588. The maximum absolute atomic E-state index is 12.4. The second kappa shape index (κ2) is 6.18. The Labute approximate surface area is 133 Å². The lowest BCUT2D eigenvalue weighted by molar-refractivity contribution is -0.113.